The van der Waals surface area contributed by atoms with Crippen LogP contribution in [0.1, 0.15) is 15.9 Å². The molecule has 0 unspecified atom stereocenters. The van der Waals surface area contributed by atoms with Crippen molar-refractivity contribution in [2.45, 2.75) is 0 Å². The molecule has 0 bridgehead atoms. The number of nitriles is 1. The first-order valence-electron chi connectivity index (χ1n) is 6.12. The third kappa shape index (κ3) is 3.31. The lowest BCUT2D eigenvalue weighted by Crippen LogP contribution is -2.09. The monoisotopic (exact) mass is 283 g/mol. The van der Waals surface area contributed by atoms with E-state index in [1.54, 1.807) is 30.3 Å². The molecule has 0 saturated heterocycles. The number of ether oxygens (including phenoxy) is 3. The maximum atomic E-state index is 12.1. The fourth-order valence-corrected chi connectivity index (χ4v) is 1.73. The highest BCUT2D eigenvalue weighted by atomic mass is 16.6. The summed E-state index contributed by atoms with van der Waals surface area (Å²) in [6, 6.07) is 13.2. The molecule has 2 aromatic carbocycles. The van der Waals surface area contributed by atoms with Crippen LogP contribution in [-0.4, -0.2) is 20.2 Å². The SMILES string of the molecule is COc1cccc(C(=O)Oc2ccc(C#N)cc2OC)c1. The van der Waals surface area contributed by atoms with Crippen molar-refractivity contribution in [1.29, 1.82) is 5.26 Å². The van der Waals surface area contributed by atoms with E-state index in [0.29, 0.717) is 22.6 Å². The lowest BCUT2D eigenvalue weighted by atomic mass is 10.2. The Morgan fingerprint density at radius 1 is 1.05 bits per heavy atom. The van der Waals surface area contributed by atoms with E-state index in [2.05, 4.69) is 0 Å². The van der Waals surface area contributed by atoms with Gasteiger partial charge in [-0.05, 0) is 30.3 Å². The van der Waals surface area contributed by atoms with Gasteiger partial charge in [-0.3, -0.25) is 0 Å². The molecule has 2 aromatic rings. The van der Waals surface area contributed by atoms with Crippen LogP contribution in [0.5, 0.6) is 17.2 Å². The molecule has 0 aliphatic carbocycles. The van der Waals surface area contributed by atoms with Gasteiger partial charge in [-0.1, -0.05) is 6.07 Å². The van der Waals surface area contributed by atoms with Crippen LogP contribution in [0.25, 0.3) is 0 Å². The van der Waals surface area contributed by atoms with Crippen LogP contribution in [0, 0.1) is 11.3 Å². The summed E-state index contributed by atoms with van der Waals surface area (Å²) in [6.45, 7) is 0. The Balaban J connectivity index is 2.25. The van der Waals surface area contributed by atoms with E-state index in [1.165, 1.54) is 26.4 Å². The van der Waals surface area contributed by atoms with Crippen molar-refractivity contribution in [3.05, 3.63) is 53.6 Å². The minimum Gasteiger partial charge on any atom is -0.497 e. The van der Waals surface area contributed by atoms with E-state index in [-0.39, 0.29) is 5.75 Å². The number of esters is 1. The Bertz CT molecular complexity index is 704. The Morgan fingerprint density at radius 2 is 1.86 bits per heavy atom. The second-order valence-electron chi connectivity index (χ2n) is 4.10. The molecule has 0 fully saturated rings. The molecule has 0 radical (unpaired) electrons. The molecule has 0 aromatic heterocycles. The highest BCUT2D eigenvalue weighted by Gasteiger charge is 2.13. The highest BCUT2D eigenvalue weighted by Crippen LogP contribution is 2.28. The van der Waals surface area contributed by atoms with Crippen molar-refractivity contribution in [2.75, 3.05) is 14.2 Å². The molecule has 0 amide bonds. The maximum Gasteiger partial charge on any atom is 0.343 e. The first kappa shape index (κ1) is 14.4. The molecule has 5 heteroatoms. The average Bonchev–Trinajstić information content (AvgIpc) is 2.55. The second-order valence-corrected chi connectivity index (χ2v) is 4.10. The Kier molecular flexibility index (Phi) is 4.42. The lowest BCUT2D eigenvalue weighted by molar-refractivity contribution is 0.0729. The van der Waals surface area contributed by atoms with Crippen LogP contribution < -0.4 is 14.2 Å². The van der Waals surface area contributed by atoms with Crippen LogP contribution in [-0.2, 0) is 0 Å². The van der Waals surface area contributed by atoms with Crippen LogP contribution in [0.2, 0.25) is 0 Å². The number of benzene rings is 2. The molecule has 21 heavy (non-hydrogen) atoms. The molecule has 0 saturated carbocycles. The summed E-state index contributed by atoms with van der Waals surface area (Å²) < 4.78 is 15.5. The van der Waals surface area contributed by atoms with Crippen molar-refractivity contribution < 1.29 is 19.0 Å². The van der Waals surface area contributed by atoms with Crippen molar-refractivity contribution in [3.8, 4) is 23.3 Å². The van der Waals surface area contributed by atoms with E-state index in [0.717, 1.165) is 0 Å². The summed E-state index contributed by atoms with van der Waals surface area (Å²) in [4.78, 5) is 12.1. The van der Waals surface area contributed by atoms with E-state index in [1.807, 2.05) is 6.07 Å². The summed E-state index contributed by atoms with van der Waals surface area (Å²) in [5.41, 5.74) is 0.786. The average molecular weight is 283 g/mol. The largest absolute Gasteiger partial charge is 0.497 e. The number of hydrogen-bond acceptors (Lipinski definition) is 5. The molecule has 0 spiro atoms. The van der Waals surface area contributed by atoms with Crippen molar-refractivity contribution in [2.24, 2.45) is 0 Å². The Morgan fingerprint density at radius 3 is 2.52 bits per heavy atom. The number of hydrogen-bond donors (Lipinski definition) is 0. The molecule has 2 rings (SSSR count). The predicted octanol–water partition coefficient (Wildman–Crippen LogP) is 2.79. The molecule has 106 valence electrons. The van der Waals surface area contributed by atoms with E-state index < -0.39 is 5.97 Å². The first-order chi connectivity index (χ1) is 10.2. The van der Waals surface area contributed by atoms with Gasteiger partial charge in [0.1, 0.15) is 5.75 Å². The molecule has 0 atom stereocenters. The number of carbonyl (C=O) groups excluding carboxylic acids is 1. The van der Waals surface area contributed by atoms with Gasteiger partial charge < -0.3 is 14.2 Å². The number of carbonyl (C=O) groups is 1. The van der Waals surface area contributed by atoms with Gasteiger partial charge in [0, 0.05) is 6.07 Å². The van der Waals surface area contributed by atoms with Crippen molar-refractivity contribution in [1.82, 2.24) is 0 Å². The third-order valence-electron chi connectivity index (χ3n) is 2.80. The van der Waals surface area contributed by atoms with Crippen LogP contribution in [0.15, 0.2) is 42.5 Å². The van der Waals surface area contributed by atoms with Crippen LogP contribution >= 0.6 is 0 Å². The zero-order valence-corrected chi connectivity index (χ0v) is 11.6. The summed E-state index contributed by atoms with van der Waals surface area (Å²) >= 11 is 0. The van der Waals surface area contributed by atoms with Gasteiger partial charge in [-0.15, -0.1) is 0 Å². The maximum absolute atomic E-state index is 12.1. The molecule has 0 aliphatic rings. The molecule has 5 nitrogen and oxygen atoms in total. The highest BCUT2D eigenvalue weighted by molar-refractivity contribution is 5.91. The van der Waals surface area contributed by atoms with Crippen molar-refractivity contribution in [3.63, 3.8) is 0 Å². The van der Waals surface area contributed by atoms with Gasteiger partial charge in [-0.2, -0.15) is 5.26 Å². The molecular weight excluding hydrogens is 270 g/mol. The summed E-state index contributed by atoms with van der Waals surface area (Å²) in [5.74, 6) is 0.614. The van der Waals surface area contributed by atoms with Gasteiger partial charge in [-0.25, -0.2) is 4.79 Å². The summed E-state index contributed by atoms with van der Waals surface area (Å²) in [6.07, 6.45) is 0. The van der Waals surface area contributed by atoms with Crippen molar-refractivity contribution >= 4 is 5.97 Å². The Labute approximate surface area is 122 Å². The fraction of sp³-hybridized carbons (Fsp3) is 0.125. The van der Waals surface area contributed by atoms with Crippen LogP contribution in [0.4, 0.5) is 0 Å². The predicted molar refractivity (Wildman–Crippen MR) is 75.7 cm³/mol. The number of rotatable bonds is 4. The lowest BCUT2D eigenvalue weighted by Gasteiger charge is -2.09. The summed E-state index contributed by atoms with van der Waals surface area (Å²) in [7, 11) is 2.97. The quantitative estimate of drug-likeness (QED) is 0.637. The van der Waals surface area contributed by atoms with Gasteiger partial charge in [0.15, 0.2) is 11.5 Å². The molecule has 0 heterocycles. The first-order valence-corrected chi connectivity index (χ1v) is 6.12. The van der Waals surface area contributed by atoms with Gasteiger partial charge in [0.25, 0.3) is 0 Å². The van der Waals surface area contributed by atoms with E-state index >= 15 is 0 Å². The smallest absolute Gasteiger partial charge is 0.343 e. The summed E-state index contributed by atoms with van der Waals surface area (Å²) in [5, 5.41) is 8.84. The standard InChI is InChI=1S/C16H13NO4/c1-19-13-5-3-4-12(9-13)16(18)21-14-7-6-11(10-17)8-15(14)20-2/h3-9H,1-2H3. The third-order valence-corrected chi connectivity index (χ3v) is 2.80. The fourth-order valence-electron chi connectivity index (χ4n) is 1.73. The minimum absolute atomic E-state index is 0.254. The molecule has 0 N–H and O–H groups in total. The second kappa shape index (κ2) is 6.44. The van der Waals surface area contributed by atoms with E-state index in [9.17, 15) is 4.79 Å². The molecular formula is C16H13NO4. The minimum atomic E-state index is -0.531. The molecule has 0 aliphatic heterocycles. The van der Waals surface area contributed by atoms with Gasteiger partial charge in [0.05, 0.1) is 31.4 Å². The number of methoxy groups -OCH3 is 2. The van der Waals surface area contributed by atoms with Gasteiger partial charge in [0.2, 0.25) is 0 Å². The topological polar surface area (TPSA) is 68.5 Å². The van der Waals surface area contributed by atoms with Crippen LogP contribution in [0.3, 0.4) is 0 Å². The van der Waals surface area contributed by atoms with Gasteiger partial charge >= 0.3 is 5.97 Å². The van der Waals surface area contributed by atoms with E-state index in [4.69, 9.17) is 19.5 Å². The zero-order valence-electron chi connectivity index (χ0n) is 11.6. The zero-order chi connectivity index (χ0) is 15.2. The Hall–Kier alpha value is -3.00. The normalized spacial score (nSPS) is 9.57. The number of nitrogens with zero attached hydrogens (tertiary/aromatic N) is 1.